The number of benzene rings is 1. The summed E-state index contributed by atoms with van der Waals surface area (Å²) >= 11 is 6.06. The van der Waals surface area contributed by atoms with Crippen LogP contribution in [-0.4, -0.2) is 26.0 Å². The largest absolute Gasteiger partial charge is 0.297 e. The molecule has 0 aliphatic rings. The van der Waals surface area contributed by atoms with E-state index in [-0.39, 0.29) is 12.3 Å². The predicted octanol–water partition coefficient (Wildman–Crippen LogP) is 2.61. The Morgan fingerprint density at radius 2 is 2.00 bits per heavy atom. The molecule has 0 saturated heterocycles. The highest BCUT2D eigenvalue weighted by molar-refractivity contribution is 6.33. The second-order valence-electron chi connectivity index (χ2n) is 5.30. The topological polar surface area (TPSA) is 60.7 Å². The fourth-order valence-corrected chi connectivity index (χ4v) is 1.65. The maximum atomic E-state index is 11.9. The lowest BCUT2D eigenvalue weighted by atomic mass is 9.91. The Morgan fingerprint density at radius 3 is 2.63 bits per heavy atom. The van der Waals surface area contributed by atoms with Crippen molar-refractivity contribution in [3.63, 3.8) is 0 Å². The maximum Gasteiger partial charge on any atom is 0.206 e. The molecule has 1 aromatic heterocycles. The molecule has 0 fully saturated rings. The molecule has 1 aromatic carbocycles. The van der Waals surface area contributed by atoms with Crippen LogP contribution in [0.15, 0.2) is 24.3 Å². The van der Waals surface area contributed by atoms with E-state index in [1.54, 1.807) is 6.07 Å². The summed E-state index contributed by atoms with van der Waals surface area (Å²) in [6.07, 6.45) is 0. The first kappa shape index (κ1) is 13.7. The van der Waals surface area contributed by atoms with Crippen LogP contribution in [0.2, 0.25) is 5.02 Å². The molecule has 19 heavy (non-hydrogen) atoms. The number of rotatable bonds is 3. The maximum absolute atomic E-state index is 11.9. The van der Waals surface area contributed by atoms with Gasteiger partial charge in [0.25, 0.3) is 0 Å². The van der Waals surface area contributed by atoms with Crippen molar-refractivity contribution in [3.8, 4) is 11.4 Å². The summed E-state index contributed by atoms with van der Waals surface area (Å²) in [4.78, 5) is 13.2. The average Bonchev–Trinajstić information content (AvgIpc) is 2.76. The van der Waals surface area contributed by atoms with E-state index in [1.807, 2.05) is 39.0 Å². The molecule has 0 bridgehead atoms. The zero-order valence-corrected chi connectivity index (χ0v) is 11.8. The van der Waals surface area contributed by atoms with Crippen LogP contribution in [0.3, 0.4) is 0 Å². The van der Waals surface area contributed by atoms with Gasteiger partial charge in [0.2, 0.25) is 5.82 Å². The van der Waals surface area contributed by atoms with E-state index in [4.69, 9.17) is 11.6 Å². The van der Waals surface area contributed by atoms with Crippen molar-refractivity contribution in [3.05, 3.63) is 29.3 Å². The minimum atomic E-state index is -0.418. The van der Waals surface area contributed by atoms with Crippen LogP contribution in [0.5, 0.6) is 0 Å². The number of Topliss-reactive ketones (excluding diaryl/α,β-unsaturated/α-hetero) is 1. The molecule has 2 rings (SSSR count). The van der Waals surface area contributed by atoms with Gasteiger partial charge in [-0.1, -0.05) is 44.5 Å². The van der Waals surface area contributed by atoms with Crippen LogP contribution in [0, 0.1) is 5.41 Å². The molecule has 0 amide bonds. The number of tetrazole rings is 1. The first-order valence-corrected chi connectivity index (χ1v) is 6.32. The van der Waals surface area contributed by atoms with Gasteiger partial charge in [0.15, 0.2) is 5.78 Å². The second-order valence-corrected chi connectivity index (χ2v) is 5.70. The van der Waals surface area contributed by atoms with Gasteiger partial charge in [-0.2, -0.15) is 4.80 Å². The number of ketones is 1. The highest BCUT2D eigenvalue weighted by atomic mass is 35.5. The van der Waals surface area contributed by atoms with E-state index < -0.39 is 5.41 Å². The fraction of sp³-hybridized carbons (Fsp3) is 0.385. The first-order valence-electron chi connectivity index (χ1n) is 5.94. The Morgan fingerprint density at radius 1 is 1.32 bits per heavy atom. The van der Waals surface area contributed by atoms with E-state index in [9.17, 15) is 4.79 Å². The molecule has 6 heteroatoms. The third-order valence-electron chi connectivity index (χ3n) is 2.69. The van der Waals surface area contributed by atoms with Crippen LogP contribution in [-0.2, 0) is 11.3 Å². The molecular formula is C13H15ClN4O. The van der Waals surface area contributed by atoms with Gasteiger partial charge < -0.3 is 0 Å². The van der Waals surface area contributed by atoms with Crippen molar-refractivity contribution in [1.29, 1.82) is 0 Å². The molecule has 0 unspecified atom stereocenters. The van der Waals surface area contributed by atoms with Gasteiger partial charge >= 0.3 is 0 Å². The Hall–Kier alpha value is -1.75. The Labute approximate surface area is 116 Å². The van der Waals surface area contributed by atoms with Crippen molar-refractivity contribution in [2.75, 3.05) is 0 Å². The Kier molecular flexibility index (Phi) is 3.66. The number of carbonyl (C=O) groups is 1. The fourth-order valence-electron chi connectivity index (χ4n) is 1.43. The zero-order chi connectivity index (χ0) is 14.0. The minimum absolute atomic E-state index is 0.0515. The van der Waals surface area contributed by atoms with E-state index in [2.05, 4.69) is 15.4 Å². The zero-order valence-electron chi connectivity index (χ0n) is 11.1. The summed E-state index contributed by atoms with van der Waals surface area (Å²) in [5, 5.41) is 12.6. The monoisotopic (exact) mass is 278 g/mol. The molecule has 2 aromatic rings. The summed E-state index contributed by atoms with van der Waals surface area (Å²) < 4.78 is 0. The normalized spacial score (nSPS) is 11.6. The number of nitrogens with zero attached hydrogens (tertiary/aromatic N) is 4. The van der Waals surface area contributed by atoms with Crippen molar-refractivity contribution in [2.24, 2.45) is 5.41 Å². The van der Waals surface area contributed by atoms with Gasteiger partial charge in [0, 0.05) is 11.0 Å². The lowest BCUT2D eigenvalue weighted by Gasteiger charge is -2.15. The highest BCUT2D eigenvalue weighted by Crippen LogP contribution is 2.23. The van der Waals surface area contributed by atoms with Gasteiger partial charge in [-0.05, 0) is 17.3 Å². The summed E-state index contributed by atoms with van der Waals surface area (Å²) in [5.74, 6) is 0.475. The molecule has 0 radical (unpaired) electrons. The third-order valence-corrected chi connectivity index (χ3v) is 3.02. The van der Waals surface area contributed by atoms with Crippen LogP contribution < -0.4 is 0 Å². The molecule has 100 valence electrons. The number of hydrogen-bond acceptors (Lipinski definition) is 4. The smallest absolute Gasteiger partial charge is 0.206 e. The molecular weight excluding hydrogens is 264 g/mol. The number of carbonyl (C=O) groups excluding carboxylic acids is 1. The van der Waals surface area contributed by atoms with Gasteiger partial charge in [-0.15, -0.1) is 10.2 Å². The van der Waals surface area contributed by atoms with Crippen molar-refractivity contribution < 1.29 is 4.79 Å². The minimum Gasteiger partial charge on any atom is -0.297 e. The van der Waals surface area contributed by atoms with E-state index in [0.29, 0.717) is 16.4 Å². The van der Waals surface area contributed by atoms with Crippen LogP contribution in [0.1, 0.15) is 20.8 Å². The summed E-state index contributed by atoms with van der Waals surface area (Å²) in [6.45, 7) is 5.70. The quantitative estimate of drug-likeness (QED) is 0.866. The molecule has 0 N–H and O–H groups in total. The molecule has 0 saturated carbocycles. The number of halogens is 1. The van der Waals surface area contributed by atoms with Gasteiger partial charge in [0.1, 0.15) is 6.54 Å². The van der Waals surface area contributed by atoms with Gasteiger partial charge in [-0.3, -0.25) is 4.79 Å². The molecule has 0 aliphatic carbocycles. The van der Waals surface area contributed by atoms with Crippen LogP contribution in [0.4, 0.5) is 0 Å². The molecule has 0 atom stereocenters. The Balaban J connectivity index is 2.21. The Bertz CT molecular complexity index is 601. The second kappa shape index (κ2) is 5.09. The van der Waals surface area contributed by atoms with Gasteiger partial charge in [0.05, 0.1) is 5.02 Å². The van der Waals surface area contributed by atoms with E-state index in [0.717, 1.165) is 0 Å². The molecule has 1 heterocycles. The van der Waals surface area contributed by atoms with Crippen LogP contribution >= 0.6 is 11.6 Å². The SMILES string of the molecule is CC(C)(C)C(=O)Cn1nnc(-c2ccccc2Cl)n1. The van der Waals surface area contributed by atoms with Crippen molar-refractivity contribution >= 4 is 17.4 Å². The summed E-state index contributed by atoms with van der Waals surface area (Å²) in [6, 6.07) is 7.26. The van der Waals surface area contributed by atoms with E-state index >= 15 is 0 Å². The van der Waals surface area contributed by atoms with Crippen molar-refractivity contribution in [1.82, 2.24) is 20.2 Å². The van der Waals surface area contributed by atoms with Crippen LogP contribution in [0.25, 0.3) is 11.4 Å². The standard InChI is InChI=1S/C13H15ClN4O/c1-13(2,3)11(19)8-18-16-12(15-17-18)9-6-4-5-7-10(9)14/h4-7H,8H2,1-3H3. The molecule has 5 nitrogen and oxygen atoms in total. The highest BCUT2D eigenvalue weighted by Gasteiger charge is 2.22. The van der Waals surface area contributed by atoms with Gasteiger partial charge in [-0.25, -0.2) is 0 Å². The number of aromatic nitrogens is 4. The summed E-state index contributed by atoms with van der Waals surface area (Å²) in [5.41, 5.74) is 0.289. The first-order chi connectivity index (χ1) is 8.88. The summed E-state index contributed by atoms with van der Waals surface area (Å²) in [7, 11) is 0. The molecule has 0 spiro atoms. The lowest BCUT2D eigenvalue weighted by Crippen LogP contribution is -2.26. The van der Waals surface area contributed by atoms with Crippen molar-refractivity contribution in [2.45, 2.75) is 27.3 Å². The predicted molar refractivity (Wildman–Crippen MR) is 72.7 cm³/mol. The number of hydrogen-bond donors (Lipinski definition) is 0. The third kappa shape index (κ3) is 3.17. The average molecular weight is 279 g/mol. The lowest BCUT2D eigenvalue weighted by molar-refractivity contribution is -0.127. The van der Waals surface area contributed by atoms with E-state index in [1.165, 1.54) is 4.80 Å². The molecule has 0 aliphatic heterocycles.